The maximum Gasteiger partial charge on any atom is 0.277 e. The van der Waals surface area contributed by atoms with Crippen LogP contribution in [0.5, 0.6) is 5.75 Å². The average molecular weight is 390 g/mol. The largest absolute Gasteiger partial charge is 0.481 e. The maximum absolute atomic E-state index is 12.9. The van der Waals surface area contributed by atoms with Crippen molar-refractivity contribution in [1.82, 2.24) is 5.43 Å². The molecule has 126 valence electrons. The lowest BCUT2D eigenvalue weighted by molar-refractivity contribution is -0.123. The van der Waals surface area contributed by atoms with Crippen molar-refractivity contribution in [2.24, 2.45) is 5.10 Å². The summed E-state index contributed by atoms with van der Waals surface area (Å²) in [5.74, 6) is -0.684. The molecule has 0 heterocycles. The summed E-state index contributed by atoms with van der Waals surface area (Å²) in [7, 11) is 0. The summed E-state index contributed by atoms with van der Waals surface area (Å²) in [4.78, 5) is 11.8. The highest BCUT2D eigenvalue weighted by Gasteiger charge is 2.11. The van der Waals surface area contributed by atoms with Crippen LogP contribution in [0.3, 0.4) is 0 Å². The van der Waals surface area contributed by atoms with Gasteiger partial charge in [0.2, 0.25) is 0 Å². The fourth-order valence-electron chi connectivity index (χ4n) is 1.74. The molecular weight excluding hydrogens is 378 g/mol. The van der Waals surface area contributed by atoms with Gasteiger partial charge in [-0.25, -0.2) is 9.82 Å². The highest BCUT2D eigenvalue weighted by molar-refractivity contribution is 6.40. The molecule has 0 saturated heterocycles. The lowest BCUT2D eigenvalue weighted by atomic mass is 10.1. The summed E-state index contributed by atoms with van der Waals surface area (Å²) in [6.45, 7) is 1.35. The van der Waals surface area contributed by atoms with Crippen molar-refractivity contribution in [2.75, 3.05) is 6.61 Å². The van der Waals surface area contributed by atoms with E-state index in [9.17, 15) is 9.18 Å². The Morgan fingerprint density at radius 2 is 1.75 bits per heavy atom. The van der Waals surface area contributed by atoms with Crippen LogP contribution < -0.4 is 10.2 Å². The van der Waals surface area contributed by atoms with Crippen molar-refractivity contribution >= 4 is 46.4 Å². The average Bonchev–Trinajstić information content (AvgIpc) is 2.52. The minimum Gasteiger partial charge on any atom is -0.481 e. The van der Waals surface area contributed by atoms with Gasteiger partial charge in [-0.3, -0.25) is 4.79 Å². The van der Waals surface area contributed by atoms with E-state index in [1.54, 1.807) is 19.1 Å². The van der Waals surface area contributed by atoms with Gasteiger partial charge in [-0.05, 0) is 36.8 Å². The zero-order chi connectivity index (χ0) is 17.7. The normalized spacial score (nSPS) is 11.3. The molecule has 0 spiro atoms. The number of ether oxygens (including phenoxy) is 1. The number of rotatable bonds is 5. The Hall–Kier alpha value is -1.82. The van der Waals surface area contributed by atoms with Gasteiger partial charge in [0.25, 0.3) is 5.91 Å². The molecule has 0 saturated carbocycles. The Balaban J connectivity index is 1.94. The van der Waals surface area contributed by atoms with E-state index in [1.165, 1.54) is 24.3 Å². The van der Waals surface area contributed by atoms with E-state index in [-0.39, 0.29) is 28.2 Å². The van der Waals surface area contributed by atoms with E-state index in [0.29, 0.717) is 16.3 Å². The third kappa shape index (κ3) is 5.09. The molecule has 4 nitrogen and oxygen atoms in total. The molecule has 2 aromatic carbocycles. The molecule has 0 aliphatic rings. The zero-order valence-electron chi connectivity index (χ0n) is 12.4. The first-order valence-electron chi connectivity index (χ1n) is 6.73. The van der Waals surface area contributed by atoms with Crippen LogP contribution in [0.2, 0.25) is 15.1 Å². The van der Waals surface area contributed by atoms with Crippen LogP contribution in [0, 0.1) is 5.82 Å². The molecule has 1 N–H and O–H groups in total. The molecule has 0 unspecified atom stereocenters. The quantitative estimate of drug-likeness (QED) is 0.595. The van der Waals surface area contributed by atoms with Crippen LogP contribution in [0.4, 0.5) is 4.39 Å². The molecule has 8 heteroatoms. The number of carbonyl (C=O) groups excluding carboxylic acids is 1. The van der Waals surface area contributed by atoms with Crippen molar-refractivity contribution in [3.05, 3.63) is 62.8 Å². The number of hydrogen-bond acceptors (Lipinski definition) is 3. The first-order chi connectivity index (χ1) is 11.4. The molecular formula is C16H12Cl3FN2O2. The Kier molecular flexibility index (Phi) is 6.43. The number of carbonyl (C=O) groups is 1. The van der Waals surface area contributed by atoms with Crippen LogP contribution >= 0.6 is 34.8 Å². The molecule has 1 amide bonds. The third-order valence-electron chi connectivity index (χ3n) is 2.92. The molecule has 0 atom stereocenters. The molecule has 2 aromatic rings. The molecule has 24 heavy (non-hydrogen) atoms. The zero-order valence-corrected chi connectivity index (χ0v) is 14.7. The summed E-state index contributed by atoms with van der Waals surface area (Å²) in [6.07, 6.45) is 0. The second kappa shape index (κ2) is 8.33. The summed E-state index contributed by atoms with van der Waals surface area (Å²) >= 11 is 17.7. The van der Waals surface area contributed by atoms with E-state index in [0.717, 1.165) is 0 Å². The second-order valence-electron chi connectivity index (χ2n) is 4.73. The van der Waals surface area contributed by atoms with Gasteiger partial charge in [0.15, 0.2) is 12.4 Å². The Bertz CT molecular complexity index is 756. The monoisotopic (exact) mass is 388 g/mol. The van der Waals surface area contributed by atoms with Crippen molar-refractivity contribution in [1.29, 1.82) is 0 Å². The topological polar surface area (TPSA) is 50.7 Å². The third-order valence-corrected chi connectivity index (χ3v) is 3.70. The highest BCUT2D eigenvalue weighted by Crippen LogP contribution is 2.35. The molecule has 0 aromatic heterocycles. The second-order valence-corrected chi connectivity index (χ2v) is 5.98. The summed E-state index contributed by atoms with van der Waals surface area (Å²) in [5, 5.41) is 4.69. The van der Waals surface area contributed by atoms with E-state index >= 15 is 0 Å². The lowest BCUT2D eigenvalue weighted by Crippen LogP contribution is -2.25. The van der Waals surface area contributed by atoms with Crippen LogP contribution in [0.25, 0.3) is 0 Å². The number of nitrogens with zero attached hydrogens (tertiary/aromatic N) is 1. The van der Waals surface area contributed by atoms with E-state index < -0.39 is 5.91 Å². The van der Waals surface area contributed by atoms with E-state index in [1.807, 2.05) is 0 Å². The van der Waals surface area contributed by atoms with Crippen LogP contribution in [-0.4, -0.2) is 18.2 Å². The van der Waals surface area contributed by atoms with Crippen molar-refractivity contribution < 1.29 is 13.9 Å². The van der Waals surface area contributed by atoms with Crippen molar-refractivity contribution in [3.63, 3.8) is 0 Å². The molecule has 0 aliphatic heterocycles. The maximum atomic E-state index is 12.9. The number of halogens is 4. The van der Waals surface area contributed by atoms with Crippen molar-refractivity contribution in [3.8, 4) is 5.75 Å². The van der Waals surface area contributed by atoms with Gasteiger partial charge in [0.05, 0.1) is 15.8 Å². The lowest BCUT2D eigenvalue weighted by Gasteiger charge is -2.09. The predicted octanol–water partition coefficient (Wildman–Crippen LogP) is 4.71. The summed E-state index contributed by atoms with van der Waals surface area (Å²) in [6, 6.07) is 8.65. The first kappa shape index (κ1) is 18.5. The van der Waals surface area contributed by atoms with E-state index in [4.69, 9.17) is 39.5 Å². The summed E-state index contributed by atoms with van der Waals surface area (Å²) < 4.78 is 18.1. The van der Waals surface area contributed by atoms with Gasteiger partial charge in [0.1, 0.15) is 5.82 Å². The SMILES string of the molecule is CC(=NNC(=O)COc1c(Cl)cc(Cl)cc1Cl)c1ccc(F)cc1. The number of benzene rings is 2. The minimum absolute atomic E-state index is 0.164. The van der Waals surface area contributed by atoms with Crippen LogP contribution in [0.1, 0.15) is 12.5 Å². The molecule has 0 fully saturated rings. The molecule has 2 rings (SSSR count). The molecule has 0 bridgehead atoms. The predicted molar refractivity (Wildman–Crippen MR) is 93.7 cm³/mol. The fraction of sp³-hybridized carbons (Fsp3) is 0.125. The Morgan fingerprint density at radius 3 is 2.33 bits per heavy atom. The number of hydrogen-bond donors (Lipinski definition) is 1. The smallest absolute Gasteiger partial charge is 0.277 e. The molecule has 0 radical (unpaired) electrons. The van der Waals surface area contributed by atoms with Crippen molar-refractivity contribution in [2.45, 2.75) is 6.92 Å². The van der Waals surface area contributed by atoms with E-state index in [2.05, 4.69) is 10.5 Å². The standard InChI is InChI=1S/C16H12Cl3FN2O2/c1-9(10-2-4-12(20)5-3-10)21-22-15(23)8-24-16-13(18)6-11(17)7-14(16)19/h2-7H,8H2,1H3,(H,22,23). The summed E-state index contributed by atoms with van der Waals surface area (Å²) in [5.41, 5.74) is 3.54. The highest BCUT2D eigenvalue weighted by atomic mass is 35.5. The Labute approximate surface area is 153 Å². The molecule has 0 aliphatic carbocycles. The Morgan fingerprint density at radius 1 is 1.17 bits per heavy atom. The fourth-order valence-corrected chi connectivity index (χ4v) is 2.66. The minimum atomic E-state index is -0.501. The van der Waals surface area contributed by atoms with Gasteiger partial charge in [-0.2, -0.15) is 5.10 Å². The van der Waals surface area contributed by atoms with Gasteiger partial charge in [-0.15, -0.1) is 0 Å². The van der Waals surface area contributed by atoms with Crippen LogP contribution in [0.15, 0.2) is 41.5 Å². The van der Waals surface area contributed by atoms with Gasteiger partial charge >= 0.3 is 0 Å². The van der Waals surface area contributed by atoms with Gasteiger partial charge in [-0.1, -0.05) is 46.9 Å². The number of hydrazone groups is 1. The van der Waals surface area contributed by atoms with Gasteiger partial charge in [0, 0.05) is 5.02 Å². The van der Waals surface area contributed by atoms with Crippen LogP contribution in [-0.2, 0) is 4.79 Å². The number of nitrogens with one attached hydrogen (secondary N) is 1. The number of amides is 1. The van der Waals surface area contributed by atoms with Gasteiger partial charge < -0.3 is 4.74 Å². The first-order valence-corrected chi connectivity index (χ1v) is 7.86.